The van der Waals surface area contributed by atoms with Gasteiger partial charge in [0, 0.05) is 39.3 Å². The molecule has 0 bridgehead atoms. The number of benzene rings is 2. The van der Waals surface area contributed by atoms with Crippen LogP contribution in [0.3, 0.4) is 0 Å². The minimum atomic E-state index is -0.0955. The number of aromatic nitrogens is 3. The van der Waals surface area contributed by atoms with Crippen LogP contribution in [-0.2, 0) is 11.3 Å². The van der Waals surface area contributed by atoms with Crippen molar-refractivity contribution in [2.24, 2.45) is 0 Å². The Balaban J connectivity index is 1.51. The molecule has 2 aromatic heterocycles. The molecular weight excluding hydrogens is 416 g/mol. The SMILES string of the molecule is CCCn1c(SCC(=O)Nc2cccc(OC)c2)nnc1-c1csc2ccccc12. The van der Waals surface area contributed by atoms with Gasteiger partial charge in [-0.15, -0.1) is 21.5 Å². The normalized spacial score (nSPS) is 11.0. The molecule has 0 radical (unpaired) electrons. The van der Waals surface area contributed by atoms with Crippen LogP contribution in [0.2, 0.25) is 0 Å². The first-order chi connectivity index (χ1) is 14.7. The fourth-order valence-electron chi connectivity index (χ4n) is 3.20. The summed E-state index contributed by atoms with van der Waals surface area (Å²) < 4.78 is 8.54. The molecule has 0 aliphatic rings. The van der Waals surface area contributed by atoms with E-state index in [1.54, 1.807) is 24.5 Å². The Labute approximate surface area is 183 Å². The predicted octanol–water partition coefficient (Wildman–Crippen LogP) is 5.31. The van der Waals surface area contributed by atoms with E-state index < -0.39 is 0 Å². The molecule has 0 unspecified atom stereocenters. The number of anilines is 1. The molecule has 8 heteroatoms. The standard InChI is InChI=1S/C22H22N4O2S2/c1-3-11-26-21(18-13-29-19-10-5-4-9-17(18)19)24-25-22(26)30-14-20(27)23-15-7-6-8-16(12-15)28-2/h4-10,12-13H,3,11,14H2,1-2H3,(H,23,27). The predicted molar refractivity (Wildman–Crippen MR) is 123 cm³/mol. The van der Waals surface area contributed by atoms with E-state index >= 15 is 0 Å². The monoisotopic (exact) mass is 438 g/mol. The molecule has 0 aliphatic carbocycles. The first kappa shape index (κ1) is 20.4. The number of thioether (sulfide) groups is 1. The van der Waals surface area contributed by atoms with Crippen LogP contribution in [0.4, 0.5) is 5.69 Å². The number of methoxy groups -OCH3 is 1. The van der Waals surface area contributed by atoms with Gasteiger partial charge in [0.1, 0.15) is 5.75 Å². The zero-order chi connectivity index (χ0) is 20.9. The van der Waals surface area contributed by atoms with Gasteiger partial charge in [0.15, 0.2) is 11.0 Å². The van der Waals surface area contributed by atoms with Crippen LogP contribution in [0.15, 0.2) is 59.1 Å². The van der Waals surface area contributed by atoms with Gasteiger partial charge in [-0.3, -0.25) is 4.79 Å². The summed E-state index contributed by atoms with van der Waals surface area (Å²) >= 11 is 3.10. The second kappa shape index (κ2) is 9.32. The first-order valence-electron chi connectivity index (χ1n) is 9.66. The van der Waals surface area contributed by atoms with E-state index in [0.29, 0.717) is 11.4 Å². The lowest BCUT2D eigenvalue weighted by molar-refractivity contribution is -0.113. The number of hydrogen-bond donors (Lipinski definition) is 1. The van der Waals surface area contributed by atoms with Crippen molar-refractivity contribution in [1.29, 1.82) is 0 Å². The molecule has 154 valence electrons. The third kappa shape index (κ3) is 4.34. The summed E-state index contributed by atoms with van der Waals surface area (Å²) in [7, 11) is 1.60. The van der Waals surface area contributed by atoms with E-state index in [0.717, 1.165) is 29.5 Å². The molecule has 30 heavy (non-hydrogen) atoms. The average molecular weight is 439 g/mol. The number of hydrogen-bond acceptors (Lipinski definition) is 6. The van der Waals surface area contributed by atoms with Gasteiger partial charge < -0.3 is 14.6 Å². The zero-order valence-electron chi connectivity index (χ0n) is 16.8. The van der Waals surface area contributed by atoms with Crippen LogP contribution in [-0.4, -0.2) is 33.5 Å². The fourth-order valence-corrected chi connectivity index (χ4v) is 4.90. The van der Waals surface area contributed by atoms with E-state index in [1.165, 1.54) is 21.8 Å². The topological polar surface area (TPSA) is 69.0 Å². The number of amides is 1. The lowest BCUT2D eigenvalue weighted by Crippen LogP contribution is -2.14. The Morgan fingerprint density at radius 3 is 2.90 bits per heavy atom. The molecule has 0 spiro atoms. The van der Waals surface area contributed by atoms with Crippen molar-refractivity contribution in [2.75, 3.05) is 18.2 Å². The number of rotatable bonds is 8. The molecule has 2 aromatic carbocycles. The summed E-state index contributed by atoms with van der Waals surface area (Å²) in [5.41, 5.74) is 1.80. The highest BCUT2D eigenvalue weighted by Crippen LogP contribution is 2.34. The van der Waals surface area contributed by atoms with Crippen molar-refractivity contribution in [1.82, 2.24) is 14.8 Å². The van der Waals surface area contributed by atoms with Gasteiger partial charge >= 0.3 is 0 Å². The molecule has 4 rings (SSSR count). The molecule has 0 aliphatic heterocycles. The Morgan fingerprint density at radius 2 is 2.07 bits per heavy atom. The van der Waals surface area contributed by atoms with Crippen LogP contribution in [0.5, 0.6) is 5.75 Å². The molecule has 6 nitrogen and oxygen atoms in total. The van der Waals surface area contributed by atoms with Crippen molar-refractivity contribution in [3.05, 3.63) is 53.9 Å². The number of nitrogens with one attached hydrogen (secondary N) is 1. The summed E-state index contributed by atoms with van der Waals surface area (Å²) in [5, 5.41) is 15.8. The number of carbonyl (C=O) groups excluding carboxylic acids is 1. The fraction of sp³-hybridized carbons (Fsp3) is 0.227. The second-order valence-electron chi connectivity index (χ2n) is 6.67. The molecule has 2 heterocycles. The van der Waals surface area contributed by atoms with Crippen LogP contribution < -0.4 is 10.1 Å². The van der Waals surface area contributed by atoms with E-state index in [1.807, 2.05) is 30.3 Å². The zero-order valence-corrected chi connectivity index (χ0v) is 18.4. The Hall–Kier alpha value is -2.84. The molecule has 1 N–H and O–H groups in total. The maximum Gasteiger partial charge on any atom is 0.234 e. The third-order valence-electron chi connectivity index (χ3n) is 4.57. The molecule has 0 saturated heterocycles. The minimum Gasteiger partial charge on any atom is -0.497 e. The van der Waals surface area contributed by atoms with Gasteiger partial charge in [0.2, 0.25) is 5.91 Å². The maximum atomic E-state index is 12.4. The number of nitrogens with zero attached hydrogens (tertiary/aromatic N) is 3. The quantitative estimate of drug-likeness (QED) is 0.378. The smallest absolute Gasteiger partial charge is 0.234 e. The van der Waals surface area contributed by atoms with Crippen molar-refractivity contribution in [3.63, 3.8) is 0 Å². The van der Waals surface area contributed by atoms with Gasteiger partial charge in [-0.25, -0.2) is 0 Å². The highest BCUT2D eigenvalue weighted by atomic mass is 32.2. The van der Waals surface area contributed by atoms with Gasteiger partial charge in [-0.1, -0.05) is 43.0 Å². The van der Waals surface area contributed by atoms with Crippen molar-refractivity contribution < 1.29 is 9.53 Å². The second-order valence-corrected chi connectivity index (χ2v) is 8.53. The highest BCUT2D eigenvalue weighted by Gasteiger charge is 2.18. The van der Waals surface area contributed by atoms with Crippen LogP contribution in [0.1, 0.15) is 13.3 Å². The molecule has 0 fully saturated rings. The highest BCUT2D eigenvalue weighted by molar-refractivity contribution is 7.99. The summed E-state index contributed by atoms with van der Waals surface area (Å²) in [6.45, 7) is 2.92. The molecule has 0 atom stereocenters. The van der Waals surface area contributed by atoms with Crippen molar-refractivity contribution in [3.8, 4) is 17.1 Å². The number of fused-ring (bicyclic) bond motifs is 1. The lowest BCUT2D eigenvalue weighted by atomic mass is 10.1. The first-order valence-corrected chi connectivity index (χ1v) is 11.5. The Bertz CT molecular complexity index is 1170. The van der Waals surface area contributed by atoms with Crippen molar-refractivity contribution in [2.45, 2.75) is 25.0 Å². The molecule has 0 saturated carbocycles. The van der Waals surface area contributed by atoms with E-state index in [9.17, 15) is 4.79 Å². The van der Waals surface area contributed by atoms with E-state index in [4.69, 9.17) is 4.74 Å². The summed E-state index contributed by atoms with van der Waals surface area (Å²) in [6.07, 6.45) is 0.955. The minimum absolute atomic E-state index is 0.0955. The van der Waals surface area contributed by atoms with Gasteiger partial charge in [0.25, 0.3) is 0 Å². The van der Waals surface area contributed by atoms with Crippen LogP contribution >= 0.6 is 23.1 Å². The molecular formula is C22H22N4O2S2. The molecule has 4 aromatic rings. The molecule has 1 amide bonds. The van der Waals surface area contributed by atoms with Gasteiger partial charge in [-0.2, -0.15) is 0 Å². The van der Waals surface area contributed by atoms with Crippen LogP contribution in [0, 0.1) is 0 Å². The number of carbonyl (C=O) groups is 1. The van der Waals surface area contributed by atoms with Crippen molar-refractivity contribution >= 4 is 44.8 Å². The summed E-state index contributed by atoms with van der Waals surface area (Å²) in [5.74, 6) is 1.71. The van der Waals surface area contributed by atoms with E-state index in [-0.39, 0.29) is 11.7 Å². The van der Waals surface area contributed by atoms with E-state index in [2.05, 4.69) is 44.5 Å². The Kier molecular flexibility index (Phi) is 6.35. The van der Waals surface area contributed by atoms with Crippen LogP contribution in [0.25, 0.3) is 21.5 Å². The summed E-state index contributed by atoms with van der Waals surface area (Å²) in [6, 6.07) is 15.6. The third-order valence-corrected chi connectivity index (χ3v) is 6.50. The lowest BCUT2D eigenvalue weighted by Gasteiger charge is -2.09. The number of ether oxygens (including phenoxy) is 1. The number of thiophene rings is 1. The van der Waals surface area contributed by atoms with Gasteiger partial charge in [-0.05, 0) is 24.6 Å². The van der Waals surface area contributed by atoms with Gasteiger partial charge in [0.05, 0.1) is 12.9 Å². The average Bonchev–Trinajstić information content (AvgIpc) is 3.36. The largest absolute Gasteiger partial charge is 0.497 e. The maximum absolute atomic E-state index is 12.4. The Morgan fingerprint density at radius 1 is 1.20 bits per heavy atom. The summed E-state index contributed by atoms with van der Waals surface area (Å²) in [4.78, 5) is 12.4.